The van der Waals surface area contributed by atoms with Crippen molar-refractivity contribution in [2.75, 3.05) is 28.6 Å². The third-order valence-electron chi connectivity index (χ3n) is 7.22. The predicted molar refractivity (Wildman–Crippen MR) is 150 cm³/mol. The zero-order valence-corrected chi connectivity index (χ0v) is 21.0. The summed E-state index contributed by atoms with van der Waals surface area (Å²) in [5, 5.41) is 15.9. The first-order valence-corrected chi connectivity index (χ1v) is 13.1. The molecule has 5 rings (SSSR count). The molecule has 3 N–H and O–H groups in total. The normalized spacial score (nSPS) is 15.5. The monoisotopic (exact) mass is 495 g/mol. The zero-order chi connectivity index (χ0) is 25.6. The van der Waals surface area contributed by atoms with Crippen molar-refractivity contribution in [1.82, 2.24) is 0 Å². The summed E-state index contributed by atoms with van der Waals surface area (Å²) in [5.41, 5.74) is 7.13. The van der Waals surface area contributed by atoms with Crippen LogP contribution in [0.25, 0.3) is 17.2 Å². The van der Waals surface area contributed by atoms with E-state index in [1.165, 1.54) is 6.42 Å². The number of carbonyl (C=O) groups is 2. The summed E-state index contributed by atoms with van der Waals surface area (Å²) in [6.45, 7) is 2.31. The van der Waals surface area contributed by atoms with Crippen LogP contribution in [-0.4, -0.2) is 30.1 Å². The van der Waals surface area contributed by atoms with Crippen molar-refractivity contribution in [1.29, 1.82) is 0 Å². The van der Waals surface area contributed by atoms with Gasteiger partial charge in [0.05, 0.1) is 17.9 Å². The molecule has 0 aromatic heterocycles. The highest BCUT2D eigenvalue weighted by atomic mass is 16.4. The summed E-state index contributed by atoms with van der Waals surface area (Å²) in [7, 11) is 0. The summed E-state index contributed by atoms with van der Waals surface area (Å²) in [6.07, 6.45) is 7.90. The number of hydrogen-bond donors (Lipinski definition) is 3. The van der Waals surface area contributed by atoms with Gasteiger partial charge < -0.3 is 20.6 Å². The molecule has 3 aromatic carbocycles. The van der Waals surface area contributed by atoms with Crippen LogP contribution in [-0.2, 0) is 16.1 Å². The molecule has 1 heterocycles. The maximum Gasteiger partial charge on any atom is 0.328 e. The van der Waals surface area contributed by atoms with Gasteiger partial charge in [-0.3, -0.25) is 4.79 Å². The Balaban J connectivity index is 1.40. The van der Waals surface area contributed by atoms with Crippen LogP contribution in [0.4, 0.5) is 17.1 Å². The Labute approximate surface area is 218 Å². The Hall–Kier alpha value is -4.06. The van der Waals surface area contributed by atoms with Crippen LogP contribution in [0.2, 0.25) is 0 Å². The van der Waals surface area contributed by atoms with Crippen LogP contribution < -0.4 is 15.5 Å². The number of hydrogen-bond acceptors (Lipinski definition) is 4. The van der Waals surface area contributed by atoms with E-state index >= 15 is 0 Å². The van der Waals surface area contributed by atoms with Crippen molar-refractivity contribution in [3.8, 4) is 11.1 Å². The molecule has 1 amide bonds. The highest BCUT2D eigenvalue weighted by Crippen LogP contribution is 2.32. The second-order valence-corrected chi connectivity index (χ2v) is 9.84. The van der Waals surface area contributed by atoms with Gasteiger partial charge in [-0.15, -0.1) is 0 Å². The molecule has 1 saturated carbocycles. The van der Waals surface area contributed by atoms with E-state index in [1.807, 2.05) is 29.2 Å². The van der Waals surface area contributed by atoms with E-state index < -0.39 is 5.97 Å². The number of nitrogens with zero attached hydrogens (tertiary/aromatic N) is 1. The number of rotatable bonds is 7. The molecular weight excluding hydrogens is 462 g/mol. The first kappa shape index (κ1) is 24.6. The van der Waals surface area contributed by atoms with Crippen molar-refractivity contribution >= 4 is 35.0 Å². The third-order valence-corrected chi connectivity index (χ3v) is 7.22. The van der Waals surface area contributed by atoms with E-state index in [-0.39, 0.29) is 11.8 Å². The minimum absolute atomic E-state index is 0.0304. The predicted octanol–water partition coefficient (Wildman–Crippen LogP) is 6.40. The van der Waals surface area contributed by atoms with Gasteiger partial charge in [-0.1, -0.05) is 61.7 Å². The molecule has 1 aliphatic heterocycles. The van der Waals surface area contributed by atoms with Crippen molar-refractivity contribution in [3.05, 3.63) is 83.9 Å². The Morgan fingerprint density at radius 2 is 1.59 bits per heavy atom. The minimum atomic E-state index is -0.994. The van der Waals surface area contributed by atoms with E-state index in [0.29, 0.717) is 6.54 Å². The molecule has 0 radical (unpaired) electrons. The highest BCUT2D eigenvalue weighted by molar-refractivity contribution is 5.95. The Morgan fingerprint density at radius 3 is 2.35 bits per heavy atom. The molecule has 0 atom stereocenters. The van der Waals surface area contributed by atoms with Crippen molar-refractivity contribution in [2.24, 2.45) is 5.92 Å². The van der Waals surface area contributed by atoms with Gasteiger partial charge in [0.25, 0.3) is 0 Å². The molecule has 6 heteroatoms. The third kappa shape index (κ3) is 6.02. The van der Waals surface area contributed by atoms with E-state index in [0.717, 1.165) is 84.2 Å². The first-order valence-electron chi connectivity index (χ1n) is 13.1. The molecule has 3 aromatic rings. The molecule has 2 aliphatic rings. The van der Waals surface area contributed by atoms with Crippen LogP contribution in [0.3, 0.4) is 0 Å². The van der Waals surface area contributed by atoms with E-state index in [1.54, 1.807) is 6.08 Å². The number of carbonyl (C=O) groups excluding carboxylic acids is 1. The molecule has 1 fully saturated rings. The van der Waals surface area contributed by atoms with Crippen LogP contribution in [0.1, 0.15) is 43.2 Å². The maximum absolute atomic E-state index is 13.7. The molecular formula is C31H33N3O3. The SMILES string of the molecule is O=C(O)C=Cc1cccc(N(Cc2ccc(-c3ccc4c(c3)NCCN4)cc2)C(=O)C2CCCCC2)c1. The quantitative estimate of drug-likeness (QED) is 0.330. The van der Waals surface area contributed by atoms with Gasteiger partial charge in [0.2, 0.25) is 5.91 Å². The average molecular weight is 496 g/mol. The van der Waals surface area contributed by atoms with Gasteiger partial charge in [-0.05, 0) is 65.4 Å². The van der Waals surface area contributed by atoms with Crippen LogP contribution in [0, 0.1) is 5.92 Å². The standard InChI is InChI=1S/C31H33N3O3/c35-30(36)16-11-22-5-4-8-27(19-22)34(31(37)25-6-2-1-3-7-25)21-23-9-12-24(13-10-23)26-14-15-28-29(20-26)33-18-17-32-28/h4-5,8-16,19-20,25,32-33H,1-3,6-7,17-18,21H2,(H,35,36). The molecule has 190 valence electrons. The summed E-state index contributed by atoms with van der Waals surface area (Å²) < 4.78 is 0. The average Bonchev–Trinajstić information content (AvgIpc) is 2.95. The number of fused-ring (bicyclic) bond motifs is 1. The van der Waals surface area contributed by atoms with Gasteiger partial charge in [0, 0.05) is 30.8 Å². The van der Waals surface area contributed by atoms with Gasteiger partial charge in [0.1, 0.15) is 0 Å². The van der Waals surface area contributed by atoms with Crippen molar-refractivity contribution < 1.29 is 14.7 Å². The number of carboxylic acid groups (broad SMARTS) is 1. The molecule has 37 heavy (non-hydrogen) atoms. The fraction of sp³-hybridized carbons (Fsp3) is 0.290. The van der Waals surface area contributed by atoms with E-state index in [2.05, 4.69) is 53.1 Å². The Morgan fingerprint density at radius 1 is 0.865 bits per heavy atom. The first-order chi connectivity index (χ1) is 18.1. The molecule has 0 saturated heterocycles. The second kappa shape index (κ2) is 11.3. The molecule has 0 spiro atoms. The lowest BCUT2D eigenvalue weighted by atomic mass is 9.88. The summed E-state index contributed by atoms with van der Waals surface area (Å²) in [4.78, 5) is 26.6. The largest absolute Gasteiger partial charge is 0.478 e. The maximum atomic E-state index is 13.7. The van der Waals surface area contributed by atoms with Crippen LogP contribution in [0.15, 0.2) is 72.8 Å². The molecule has 0 unspecified atom stereocenters. The zero-order valence-electron chi connectivity index (χ0n) is 21.0. The van der Waals surface area contributed by atoms with Crippen molar-refractivity contribution in [3.63, 3.8) is 0 Å². The smallest absolute Gasteiger partial charge is 0.328 e. The lowest BCUT2D eigenvalue weighted by Gasteiger charge is -2.30. The summed E-state index contributed by atoms with van der Waals surface area (Å²) in [5.74, 6) is -0.814. The lowest BCUT2D eigenvalue weighted by Crippen LogP contribution is -2.36. The minimum Gasteiger partial charge on any atom is -0.478 e. The van der Waals surface area contributed by atoms with Gasteiger partial charge in [-0.25, -0.2) is 4.79 Å². The molecule has 0 bridgehead atoms. The number of aliphatic carboxylic acids is 1. The van der Waals surface area contributed by atoms with Gasteiger partial charge in [-0.2, -0.15) is 0 Å². The summed E-state index contributed by atoms with van der Waals surface area (Å²) in [6, 6.07) is 22.4. The van der Waals surface area contributed by atoms with E-state index in [4.69, 9.17) is 5.11 Å². The topological polar surface area (TPSA) is 81.7 Å². The number of nitrogens with one attached hydrogen (secondary N) is 2. The lowest BCUT2D eigenvalue weighted by molar-refractivity contribution is -0.131. The number of amides is 1. The second-order valence-electron chi connectivity index (χ2n) is 9.84. The molecule has 6 nitrogen and oxygen atoms in total. The Kier molecular flexibility index (Phi) is 7.54. The number of carboxylic acids is 1. The molecule has 1 aliphatic carbocycles. The van der Waals surface area contributed by atoms with Crippen LogP contribution in [0.5, 0.6) is 0 Å². The highest BCUT2D eigenvalue weighted by Gasteiger charge is 2.27. The van der Waals surface area contributed by atoms with Crippen LogP contribution >= 0.6 is 0 Å². The van der Waals surface area contributed by atoms with Gasteiger partial charge in [0.15, 0.2) is 0 Å². The van der Waals surface area contributed by atoms with Crippen molar-refractivity contribution in [2.45, 2.75) is 38.6 Å². The number of benzene rings is 3. The summed E-state index contributed by atoms with van der Waals surface area (Å²) >= 11 is 0. The fourth-order valence-corrected chi connectivity index (χ4v) is 5.23. The van der Waals surface area contributed by atoms with E-state index in [9.17, 15) is 9.59 Å². The van der Waals surface area contributed by atoms with Gasteiger partial charge >= 0.3 is 5.97 Å². The fourth-order valence-electron chi connectivity index (χ4n) is 5.23. The Bertz CT molecular complexity index is 1290. The number of anilines is 3.